The molecule has 106 valence electrons. The highest BCUT2D eigenvalue weighted by molar-refractivity contribution is 5.44. The van der Waals surface area contributed by atoms with E-state index < -0.39 is 11.2 Å². The maximum Gasteiger partial charge on any atom is 0.342 e. The maximum atomic E-state index is 11.4. The van der Waals surface area contributed by atoms with Crippen molar-refractivity contribution < 1.29 is 0 Å². The summed E-state index contributed by atoms with van der Waals surface area (Å²) in [5.41, 5.74) is 0.0297. The SMILES string of the molecule is CN(CCCNc1n[nH]c(=O)[nH]c1=O)c1ccccc1. The van der Waals surface area contributed by atoms with Gasteiger partial charge in [-0.1, -0.05) is 18.2 Å². The van der Waals surface area contributed by atoms with Crippen LogP contribution in [0.5, 0.6) is 0 Å². The molecule has 2 rings (SSSR count). The number of H-pyrrole nitrogens is 2. The van der Waals surface area contributed by atoms with Crippen molar-refractivity contribution in [3.8, 4) is 0 Å². The Labute approximate surface area is 115 Å². The van der Waals surface area contributed by atoms with E-state index in [-0.39, 0.29) is 5.82 Å². The zero-order valence-corrected chi connectivity index (χ0v) is 11.2. The predicted octanol–water partition coefficient (Wildman–Crippen LogP) is 0.397. The average Bonchev–Trinajstić information content (AvgIpc) is 2.46. The van der Waals surface area contributed by atoms with E-state index >= 15 is 0 Å². The lowest BCUT2D eigenvalue weighted by Crippen LogP contribution is -2.28. The van der Waals surface area contributed by atoms with Gasteiger partial charge in [-0.25, -0.2) is 9.89 Å². The molecule has 0 radical (unpaired) electrons. The highest BCUT2D eigenvalue weighted by Crippen LogP contribution is 2.10. The van der Waals surface area contributed by atoms with Crippen LogP contribution in [-0.4, -0.2) is 35.3 Å². The number of nitrogens with one attached hydrogen (secondary N) is 3. The molecule has 0 fully saturated rings. The second-order valence-corrected chi connectivity index (χ2v) is 4.39. The van der Waals surface area contributed by atoms with Crippen LogP contribution in [0.3, 0.4) is 0 Å². The third-order valence-electron chi connectivity index (χ3n) is 2.87. The third-order valence-corrected chi connectivity index (χ3v) is 2.87. The highest BCUT2D eigenvalue weighted by Gasteiger charge is 2.02. The van der Waals surface area contributed by atoms with Crippen LogP contribution in [0.2, 0.25) is 0 Å². The molecule has 0 unspecified atom stereocenters. The highest BCUT2D eigenvalue weighted by atomic mass is 16.2. The van der Waals surface area contributed by atoms with Crippen LogP contribution in [0.15, 0.2) is 39.9 Å². The Hall–Kier alpha value is -2.57. The summed E-state index contributed by atoms with van der Waals surface area (Å²) >= 11 is 0. The fourth-order valence-electron chi connectivity index (χ4n) is 1.80. The number of aromatic nitrogens is 3. The van der Waals surface area contributed by atoms with E-state index in [2.05, 4.69) is 25.4 Å². The van der Waals surface area contributed by atoms with Crippen LogP contribution < -0.4 is 21.5 Å². The molecule has 0 saturated heterocycles. The maximum absolute atomic E-state index is 11.4. The molecule has 2 aromatic rings. The normalized spacial score (nSPS) is 10.2. The molecule has 20 heavy (non-hydrogen) atoms. The molecule has 0 atom stereocenters. The molecule has 1 aromatic heterocycles. The summed E-state index contributed by atoms with van der Waals surface area (Å²) in [5.74, 6) is 0.131. The molecular formula is C13H17N5O2. The first-order valence-corrected chi connectivity index (χ1v) is 6.36. The first-order chi connectivity index (χ1) is 9.66. The topological polar surface area (TPSA) is 93.9 Å². The monoisotopic (exact) mass is 275 g/mol. The predicted molar refractivity (Wildman–Crippen MR) is 78.3 cm³/mol. The Kier molecular flexibility index (Phi) is 4.54. The van der Waals surface area contributed by atoms with Gasteiger partial charge >= 0.3 is 5.69 Å². The van der Waals surface area contributed by atoms with Crippen molar-refractivity contribution in [2.24, 2.45) is 0 Å². The summed E-state index contributed by atoms with van der Waals surface area (Å²) in [6.45, 7) is 1.44. The minimum absolute atomic E-state index is 0.131. The van der Waals surface area contributed by atoms with Gasteiger partial charge in [-0.3, -0.25) is 9.78 Å². The first kappa shape index (κ1) is 13.9. The third kappa shape index (κ3) is 3.71. The van der Waals surface area contributed by atoms with Crippen molar-refractivity contribution in [1.82, 2.24) is 15.2 Å². The van der Waals surface area contributed by atoms with Gasteiger partial charge in [-0.15, -0.1) is 5.10 Å². The summed E-state index contributed by atoms with van der Waals surface area (Å²) in [4.78, 5) is 26.4. The summed E-state index contributed by atoms with van der Waals surface area (Å²) in [5, 5.41) is 8.72. The molecule has 0 aliphatic heterocycles. The van der Waals surface area contributed by atoms with Crippen LogP contribution in [0.4, 0.5) is 11.5 Å². The fraction of sp³-hybridized carbons (Fsp3) is 0.308. The molecule has 1 heterocycles. The molecule has 0 saturated carbocycles. The molecule has 0 amide bonds. The Morgan fingerprint density at radius 3 is 2.70 bits per heavy atom. The molecule has 1 aromatic carbocycles. The van der Waals surface area contributed by atoms with Gasteiger partial charge < -0.3 is 10.2 Å². The quantitative estimate of drug-likeness (QED) is 0.663. The lowest BCUT2D eigenvalue weighted by atomic mass is 10.3. The summed E-state index contributed by atoms with van der Waals surface area (Å²) in [6, 6.07) is 10.1. The smallest absolute Gasteiger partial charge is 0.342 e. The Balaban J connectivity index is 1.79. The van der Waals surface area contributed by atoms with Gasteiger partial charge in [-0.2, -0.15) is 0 Å². The van der Waals surface area contributed by atoms with Gasteiger partial charge in [0.1, 0.15) is 0 Å². The van der Waals surface area contributed by atoms with E-state index in [1.165, 1.54) is 0 Å². The molecule has 0 bridgehead atoms. The number of hydrogen-bond acceptors (Lipinski definition) is 5. The zero-order valence-electron chi connectivity index (χ0n) is 11.2. The summed E-state index contributed by atoms with van der Waals surface area (Å²) in [7, 11) is 2.01. The minimum Gasteiger partial charge on any atom is -0.375 e. The van der Waals surface area contributed by atoms with E-state index in [1.54, 1.807) is 0 Å². The van der Waals surface area contributed by atoms with Crippen LogP contribution in [0, 0.1) is 0 Å². The van der Waals surface area contributed by atoms with Gasteiger partial charge in [-0.05, 0) is 18.6 Å². The number of benzene rings is 1. The average molecular weight is 275 g/mol. The summed E-state index contributed by atoms with van der Waals surface area (Å²) in [6.07, 6.45) is 0.839. The van der Waals surface area contributed by atoms with Crippen molar-refractivity contribution in [2.75, 3.05) is 30.4 Å². The lowest BCUT2D eigenvalue weighted by Gasteiger charge is -2.19. The van der Waals surface area contributed by atoms with E-state index in [0.717, 1.165) is 18.7 Å². The molecule has 0 spiro atoms. The van der Waals surface area contributed by atoms with E-state index in [4.69, 9.17) is 0 Å². The van der Waals surface area contributed by atoms with Gasteiger partial charge in [0.25, 0.3) is 5.56 Å². The second-order valence-electron chi connectivity index (χ2n) is 4.39. The largest absolute Gasteiger partial charge is 0.375 e. The van der Waals surface area contributed by atoms with Crippen molar-refractivity contribution in [3.63, 3.8) is 0 Å². The van der Waals surface area contributed by atoms with Gasteiger partial charge in [0, 0.05) is 25.8 Å². The van der Waals surface area contributed by atoms with E-state index in [9.17, 15) is 9.59 Å². The number of hydrogen-bond donors (Lipinski definition) is 3. The number of anilines is 2. The Bertz CT molecular complexity index is 650. The number of aromatic amines is 2. The number of para-hydroxylation sites is 1. The molecule has 0 aliphatic rings. The fourth-order valence-corrected chi connectivity index (χ4v) is 1.80. The van der Waals surface area contributed by atoms with Crippen molar-refractivity contribution in [1.29, 1.82) is 0 Å². The van der Waals surface area contributed by atoms with Gasteiger partial charge in [0.2, 0.25) is 5.82 Å². The van der Waals surface area contributed by atoms with E-state index in [0.29, 0.717) is 6.54 Å². The van der Waals surface area contributed by atoms with Crippen LogP contribution in [-0.2, 0) is 0 Å². The molecule has 7 heteroatoms. The van der Waals surface area contributed by atoms with E-state index in [1.807, 2.05) is 37.4 Å². The van der Waals surface area contributed by atoms with Gasteiger partial charge in [0.15, 0.2) is 0 Å². The molecule has 3 N–H and O–H groups in total. The molecular weight excluding hydrogens is 258 g/mol. The van der Waals surface area contributed by atoms with Crippen molar-refractivity contribution >= 4 is 11.5 Å². The first-order valence-electron chi connectivity index (χ1n) is 6.36. The summed E-state index contributed by atoms with van der Waals surface area (Å²) < 4.78 is 0. The minimum atomic E-state index is -0.607. The lowest BCUT2D eigenvalue weighted by molar-refractivity contribution is 0.803. The van der Waals surface area contributed by atoms with Gasteiger partial charge in [0.05, 0.1) is 0 Å². The van der Waals surface area contributed by atoms with Crippen molar-refractivity contribution in [3.05, 3.63) is 51.2 Å². The zero-order chi connectivity index (χ0) is 14.4. The number of rotatable bonds is 6. The number of nitrogens with zero attached hydrogens (tertiary/aromatic N) is 2. The standard InChI is InChI=1S/C13H17N5O2/c1-18(10-6-3-2-4-7-10)9-5-8-14-11-12(19)15-13(20)17-16-11/h2-4,6-7H,5,8-9H2,1H3,(H,14,16)(H2,15,17,19,20). The van der Waals surface area contributed by atoms with Crippen LogP contribution in [0.25, 0.3) is 0 Å². The Morgan fingerprint density at radius 1 is 1.25 bits per heavy atom. The Morgan fingerprint density at radius 2 is 2.00 bits per heavy atom. The molecule has 0 aliphatic carbocycles. The second kappa shape index (κ2) is 6.55. The molecule has 7 nitrogen and oxygen atoms in total. The van der Waals surface area contributed by atoms with Crippen LogP contribution in [0.1, 0.15) is 6.42 Å². The van der Waals surface area contributed by atoms with Crippen LogP contribution >= 0.6 is 0 Å². The van der Waals surface area contributed by atoms with Crippen molar-refractivity contribution in [2.45, 2.75) is 6.42 Å².